The van der Waals surface area contributed by atoms with Gasteiger partial charge in [0.15, 0.2) is 0 Å². The van der Waals surface area contributed by atoms with E-state index < -0.39 is 11.9 Å². The molecule has 7 heteroatoms. The molecule has 0 fully saturated rings. The van der Waals surface area contributed by atoms with Crippen LogP contribution in [0.4, 0.5) is 8.78 Å². The van der Waals surface area contributed by atoms with Crippen LogP contribution in [0.15, 0.2) is 30.5 Å². The van der Waals surface area contributed by atoms with Crippen LogP contribution < -0.4 is 5.32 Å². The Morgan fingerprint density at radius 1 is 1.38 bits per heavy atom. The molecule has 0 saturated carbocycles. The fraction of sp³-hybridized carbons (Fsp3) is 0.316. The first-order valence-electron chi connectivity index (χ1n) is 8.31. The number of nitrogens with one attached hydrogen (secondary N) is 1. The Kier molecular flexibility index (Phi) is 5.24. The largest absolute Gasteiger partial charge is 0.347 e. The molecule has 1 aliphatic rings. The van der Waals surface area contributed by atoms with Gasteiger partial charge in [-0.15, -0.1) is 0 Å². The van der Waals surface area contributed by atoms with E-state index >= 15 is 0 Å². The van der Waals surface area contributed by atoms with Gasteiger partial charge in [-0.3, -0.25) is 14.7 Å². The standard InChI is InChI=1S/C19H18F2N4O/c1-12(19-17(21)6-13(8-22)9-23-19)24-18(26)11-25-5-4-14-2-3-16(20)7-15(14)10-25/h2-3,6-7,9,12H,4-5,10-11H2,1H3,(H,24,26)/t12-/m1/s1. The van der Waals surface area contributed by atoms with E-state index in [2.05, 4.69) is 10.3 Å². The Balaban J connectivity index is 1.60. The molecular weight excluding hydrogens is 338 g/mol. The van der Waals surface area contributed by atoms with Crippen molar-refractivity contribution in [3.8, 4) is 6.07 Å². The molecule has 1 aliphatic heterocycles. The summed E-state index contributed by atoms with van der Waals surface area (Å²) in [6.07, 6.45) is 2.03. The Morgan fingerprint density at radius 3 is 2.92 bits per heavy atom. The zero-order chi connectivity index (χ0) is 18.7. The fourth-order valence-corrected chi connectivity index (χ4v) is 3.11. The maximum Gasteiger partial charge on any atom is 0.234 e. The first-order chi connectivity index (χ1) is 12.5. The van der Waals surface area contributed by atoms with E-state index in [1.54, 1.807) is 13.0 Å². The number of aromatic nitrogens is 1. The van der Waals surface area contributed by atoms with Gasteiger partial charge in [0.25, 0.3) is 0 Å². The zero-order valence-corrected chi connectivity index (χ0v) is 14.3. The summed E-state index contributed by atoms with van der Waals surface area (Å²) < 4.78 is 27.4. The minimum Gasteiger partial charge on any atom is -0.347 e. The number of rotatable bonds is 4. The van der Waals surface area contributed by atoms with Crippen LogP contribution in [0.3, 0.4) is 0 Å². The highest BCUT2D eigenvalue weighted by molar-refractivity contribution is 5.78. The molecule has 0 unspecified atom stereocenters. The van der Waals surface area contributed by atoms with Crippen molar-refractivity contribution in [3.63, 3.8) is 0 Å². The summed E-state index contributed by atoms with van der Waals surface area (Å²) in [5.41, 5.74) is 2.20. The second-order valence-electron chi connectivity index (χ2n) is 6.37. The van der Waals surface area contributed by atoms with Gasteiger partial charge in [-0.1, -0.05) is 6.07 Å². The number of pyridine rings is 1. The number of fused-ring (bicyclic) bond motifs is 1. The van der Waals surface area contributed by atoms with Gasteiger partial charge in [0.2, 0.25) is 5.91 Å². The molecular formula is C19H18F2N4O. The molecule has 0 aliphatic carbocycles. The van der Waals surface area contributed by atoms with Crippen molar-refractivity contribution in [1.82, 2.24) is 15.2 Å². The van der Waals surface area contributed by atoms with E-state index in [1.807, 2.05) is 11.0 Å². The molecule has 1 aromatic carbocycles. The average molecular weight is 356 g/mol. The monoisotopic (exact) mass is 356 g/mol. The van der Waals surface area contributed by atoms with Crippen molar-refractivity contribution in [3.05, 3.63) is 64.5 Å². The molecule has 1 atom stereocenters. The Hall–Kier alpha value is -2.85. The van der Waals surface area contributed by atoms with E-state index in [4.69, 9.17) is 5.26 Å². The van der Waals surface area contributed by atoms with Gasteiger partial charge in [-0.05, 0) is 42.7 Å². The van der Waals surface area contributed by atoms with Crippen molar-refractivity contribution in [2.24, 2.45) is 0 Å². The van der Waals surface area contributed by atoms with Crippen LogP contribution in [0.25, 0.3) is 0 Å². The summed E-state index contributed by atoms with van der Waals surface area (Å²) >= 11 is 0. The van der Waals surface area contributed by atoms with Crippen molar-refractivity contribution in [1.29, 1.82) is 5.26 Å². The molecule has 0 bridgehead atoms. The number of carbonyl (C=O) groups is 1. The summed E-state index contributed by atoms with van der Waals surface area (Å²) in [4.78, 5) is 18.1. The highest BCUT2D eigenvalue weighted by Gasteiger charge is 2.21. The predicted octanol–water partition coefficient (Wildman–Crippen LogP) is 2.47. The molecule has 1 N–H and O–H groups in total. The first-order valence-corrected chi connectivity index (χ1v) is 8.31. The SMILES string of the molecule is C[C@@H](NC(=O)CN1CCc2ccc(F)cc2C1)c1ncc(C#N)cc1F. The molecule has 0 radical (unpaired) electrons. The van der Waals surface area contributed by atoms with Crippen LogP contribution in [-0.4, -0.2) is 28.9 Å². The number of carbonyl (C=O) groups excluding carboxylic acids is 1. The summed E-state index contributed by atoms with van der Waals surface area (Å²) in [5.74, 6) is -1.17. The third-order valence-corrected chi connectivity index (χ3v) is 4.41. The summed E-state index contributed by atoms with van der Waals surface area (Å²) in [6, 6.07) is 7.02. The fourth-order valence-electron chi connectivity index (χ4n) is 3.11. The average Bonchev–Trinajstić information content (AvgIpc) is 2.60. The van der Waals surface area contributed by atoms with Crippen molar-refractivity contribution in [2.75, 3.05) is 13.1 Å². The van der Waals surface area contributed by atoms with Gasteiger partial charge in [-0.25, -0.2) is 8.78 Å². The van der Waals surface area contributed by atoms with Gasteiger partial charge >= 0.3 is 0 Å². The summed E-state index contributed by atoms with van der Waals surface area (Å²) in [5, 5.41) is 11.5. The predicted molar refractivity (Wildman–Crippen MR) is 90.8 cm³/mol. The van der Waals surface area contributed by atoms with Gasteiger partial charge in [0.1, 0.15) is 17.7 Å². The lowest BCUT2D eigenvalue weighted by molar-refractivity contribution is -0.123. The molecule has 0 saturated heterocycles. The van der Waals surface area contributed by atoms with Gasteiger partial charge in [0, 0.05) is 19.3 Å². The molecule has 3 rings (SSSR count). The molecule has 0 spiro atoms. The first kappa shape index (κ1) is 18.0. The molecule has 26 heavy (non-hydrogen) atoms. The third kappa shape index (κ3) is 4.03. The number of hydrogen-bond donors (Lipinski definition) is 1. The molecule has 134 valence electrons. The highest BCUT2D eigenvalue weighted by atomic mass is 19.1. The minimum atomic E-state index is -0.626. The molecule has 1 aromatic heterocycles. The van der Waals surface area contributed by atoms with E-state index in [1.165, 1.54) is 18.3 Å². The summed E-state index contributed by atoms with van der Waals surface area (Å²) in [6.45, 7) is 2.97. The van der Waals surface area contributed by atoms with Crippen LogP contribution in [0.5, 0.6) is 0 Å². The maximum absolute atomic E-state index is 14.0. The van der Waals surface area contributed by atoms with Gasteiger partial charge in [-0.2, -0.15) is 5.26 Å². The molecule has 2 heterocycles. The Labute approximate surface area is 150 Å². The van der Waals surface area contributed by atoms with E-state index in [0.29, 0.717) is 13.1 Å². The number of halogens is 2. The number of nitrogens with zero attached hydrogens (tertiary/aromatic N) is 3. The topological polar surface area (TPSA) is 69.0 Å². The number of hydrogen-bond acceptors (Lipinski definition) is 4. The lowest BCUT2D eigenvalue weighted by Gasteiger charge is -2.28. The van der Waals surface area contributed by atoms with Gasteiger partial charge in [0.05, 0.1) is 23.8 Å². The quantitative estimate of drug-likeness (QED) is 0.914. The van der Waals surface area contributed by atoms with Crippen molar-refractivity contribution >= 4 is 5.91 Å². The number of benzene rings is 1. The zero-order valence-electron chi connectivity index (χ0n) is 14.3. The maximum atomic E-state index is 14.0. The summed E-state index contributed by atoms with van der Waals surface area (Å²) in [7, 11) is 0. The highest BCUT2D eigenvalue weighted by Crippen LogP contribution is 2.20. The Bertz CT molecular complexity index is 878. The second kappa shape index (κ2) is 7.58. The van der Waals surface area contributed by atoms with Crippen LogP contribution in [-0.2, 0) is 17.8 Å². The minimum absolute atomic E-state index is 0.0865. The van der Waals surface area contributed by atoms with Crippen LogP contribution in [0, 0.1) is 23.0 Å². The van der Waals surface area contributed by atoms with E-state index in [9.17, 15) is 13.6 Å². The number of amides is 1. The molecule has 5 nitrogen and oxygen atoms in total. The Morgan fingerprint density at radius 2 is 2.19 bits per heavy atom. The smallest absolute Gasteiger partial charge is 0.234 e. The molecule has 1 amide bonds. The van der Waals surface area contributed by atoms with E-state index in [-0.39, 0.29) is 29.5 Å². The molecule has 2 aromatic rings. The van der Waals surface area contributed by atoms with Crippen LogP contribution in [0.2, 0.25) is 0 Å². The van der Waals surface area contributed by atoms with Crippen molar-refractivity contribution < 1.29 is 13.6 Å². The van der Waals surface area contributed by atoms with Crippen LogP contribution >= 0.6 is 0 Å². The number of nitriles is 1. The van der Waals surface area contributed by atoms with Crippen LogP contribution in [0.1, 0.15) is 35.3 Å². The second-order valence-corrected chi connectivity index (χ2v) is 6.37. The van der Waals surface area contributed by atoms with Crippen molar-refractivity contribution in [2.45, 2.75) is 25.9 Å². The van der Waals surface area contributed by atoms with E-state index in [0.717, 1.165) is 23.6 Å². The lowest BCUT2D eigenvalue weighted by atomic mass is 10.00. The van der Waals surface area contributed by atoms with Gasteiger partial charge < -0.3 is 5.32 Å². The normalized spacial score (nSPS) is 15.0. The lowest BCUT2D eigenvalue weighted by Crippen LogP contribution is -2.40. The third-order valence-electron chi connectivity index (χ3n) is 4.41.